The number of nitrogens with one attached hydrogen (secondary N) is 1. The molecule has 2 atom stereocenters. The van der Waals surface area contributed by atoms with Gasteiger partial charge < -0.3 is 19.5 Å². The van der Waals surface area contributed by atoms with E-state index in [-0.39, 0.29) is 17.8 Å². The molecule has 0 saturated carbocycles. The Morgan fingerprint density at radius 3 is 2.68 bits per heavy atom. The number of carbonyl (C=O) groups excluding carboxylic acids is 2. The highest BCUT2D eigenvalue weighted by Gasteiger charge is 2.49. The van der Waals surface area contributed by atoms with Crippen molar-refractivity contribution < 1.29 is 23.8 Å². The van der Waals surface area contributed by atoms with Gasteiger partial charge in [0.25, 0.3) is 5.91 Å². The topological polar surface area (TPSA) is 77.1 Å². The van der Waals surface area contributed by atoms with Gasteiger partial charge in [-0.3, -0.25) is 9.69 Å². The molecule has 1 fully saturated rings. The third-order valence-electron chi connectivity index (χ3n) is 5.03. The Balaban J connectivity index is 1.46. The molecule has 0 spiro atoms. The summed E-state index contributed by atoms with van der Waals surface area (Å²) in [5.74, 6) is 0.914. The minimum atomic E-state index is -0.720. The van der Waals surface area contributed by atoms with Crippen LogP contribution in [0.3, 0.4) is 0 Å². The number of hydrogen-bond donors (Lipinski definition) is 1. The number of benzene rings is 2. The number of anilines is 1. The van der Waals surface area contributed by atoms with Gasteiger partial charge in [-0.05, 0) is 17.7 Å². The number of fused-ring (bicyclic) bond motifs is 1. The quantitative estimate of drug-likeness (QED) is 0.629. The van der Waals surface area contributed by atoms with Crippen molar-refractivity contribution >= 4 is 39.3 Å². The molecule has 2 aliphatic rings. The molecule has 2 aromatic carbocycles. The molecule has 2 unspecified atom stereocenters. The predicted molar refractivity (Wildman–Crippen MR) is 123 cm³/mol. The van der Waals surface area contributed by atoms with Gasteiger partial charge in [0.1, 0.15) is 17.5 Å². The standard InChI is InChI=1S/C22H22N2O5S2/c1-27-15-8-9-16(18(12-15)28-2)24-17-13-30-31-20(17)19(21(24)25)23-22(26)29-11-10-14-6-4-3-5-7-14/h3-9,12-13,19-20H,10-11H2,1-2H3,(H,23,26). The summed E-state index contributed by atoms with van der Waals surface area (Å²) in [7, 11) is 6.18. The molecule has 162 valence electrons. The first-order valence-corrected chi connectivity index (χ1v) is 12.0. The molecule has 7 nitrogen and oxygen atoms in total. The second kappa shape index (κ2) is 9.57. The first kappa shape index (κ1) is 21.5. The van der Waals surface area contributed by atoms with Crippen molar-refractivity contribution in [1.82, 2.24) is 5.32 Å². The third kappa shape index (κ3) is 4.47. The van der Waals surface area contributed by atoms with E-state index in [1.54, 1.807) is 37.3 Å². The second-order valence-electron chi connectivity index (χ2n) is 6.86. The Bertz CT molecular complexity index is 999. The molecule has 2 aliphatic heterocycles. The molecule has 31 heavy (non-hydrogen) atoms. The number of hydrogen-bond acceptors (Lipinski definition) is 7. The van der Waals surface area contributed by atoms with Crippen LogP contribution in [0.4, 0.5) is 10.5 Å². The minimum absolute atomic E-state index is 0.203. The molecule has 0 bridgehead atoms. The van der Waals surface area contributed by atoms with Gasteiger partial charge in [-0.2, -0.15) is 0 Å². The average molecular weight is 459 g/mol. The first-order chi connectivity index (χ1) is 15.1. The Morgan fingerprint density at radius 1 is 1.13 bits per heavy atom. The number of rotatable bonds is 7. The predicted octanol–water partition coefficient (Wildman–Crippen LogP) is 3.99. The average Bonchev–Trinajstić information content (AvgIpc) is 3.36. The molecular formula is C22H22N2O5S2. The largest absolute Gasteiger partial charge is 0.497 e. The summed E-state index contributed by atoms with van der Waals surface area (Å²) in [6.07, 6.45) is 0.0102. The molecule has 1 saturated heterocycles. The highest BCUT2D eigenvalue weighted by molar-refractivity contribution is 8.78. The number of ether oxygens (including phenoxy) is 3. The zero-order chi connectivity index (χ0) is 21.8. The van der Waals surface area contributed by atoms with Gasteiger partial charge in [0.15, 0.2) is 0 Å². The zero-order valence-electron chi connectivity index (χ0n) is 17.1. The van der Waals surface area contributed by atoms with Crippen LogP contribution >= 0.6 is 21.6 Å². The van der Waals surface area contributed by atoms with E-state index in [1.807, 2.05) is 35.7 Å². The Morgan fingerprint density at radius 2 is 1.94 bits per heavy atom. The number of nitrogens with zero attached hydrogens (tertiary/aromatic N) is 1. The van der Waals surface area contributed by atoms with Gasteiger partial charge in [0.2, 0.25) is 0 Å². The lowest BCUT2D eigenvalue weighted by atomic mass is 10.2. The van der Waals surface area contributed by atoms with Gasteiger partial charge in [-0.1, -0.05) is 51.9 Å². The highest BCUT2D eigenvalue weighted by Crippen LogP contribution is 2.50. The molecular weight excluding hydrogens is 436 g/mol. The molecule has 4 rings (SSSR count). The number of alkyl carbamates (subject to hydrolysis) is 1. The molecule has 0 aliphatic carbocycles. The maximum absolute atomic E-state index is 13.3. The van der Waals surface area contributed by atoms with E-state index in [9.17, 15) is 9.59 Å². The SMILES string of the molecule is COc1ccc(N2C(=O)C(NC(=O)OCCc3ccccc3)C3SSC=C32)c(OC)c1. The first-order valence-electron chi connectivity index (χ1n) is 9.67. The lowest BCUT2D eigenvalue weighted by molar-refractivity contribution is -0.118. The van der Waals surface area contributed by atoms with Crippen molar-refractivity contribution in [2.45, 2.75) is 17.7 Å². The van der Waals surface area contributed by atoms with Crippen molar-refractivity contribution in [1.29, 1.82) is 0 Å². The lowest BCUT2D eigenvalue weighted by Gasteiger charge is -2.21. The monoisotopic (exact) mass is 458 g/mol. The van der Waals surface area contributed by atoms with E-state index in [0.29, 0.717) is 23.6 Å². The number of methoxy groups -OCH3 is 2. The summed E-state index contributed by atoms with van der Waals surface area (Å²) < 4.78 is 16.1. The highest BCUT2D eigenvalue weighted by atomic mass is 33.1. The summed E-state index contributed by atoms with van der Waals surface area (Å²) >= 11 is 0. The van der Waals surface area contributed by atoms with Crippen LogP contribution in [0.15, 0.2) is 59.6 Å². The van der Waals surface area contributed by atoms with Crippen LogP contribution in [0.1, 0.15) is 5.56 Å². The summed E-state index contributed by atoms with van der Waals surface area (Å²) in [5.41, 5.74) is 2.51. The molecule has 2 aromatic rings. The lowest BCUT2D eigenvalue weighted by Crippen LogP contribution is -2.45. The van der Waals surface area contributed by atoms with E-state index in [4.69, 9.17) is 14.2 Å². The van der Waals surface area contributed by atoms with Crippen LogP contribution in [0.2, 0.25) is 0 Å². The minimum Gasteiger partial charge on any atom is -0.497 e. The van der Waals surface area contributed by atoms with Crippen molar-refractivity contribution in [2.24, 2.45) is 0 Å². The van der Waals surface area contributed by atoms with Gasteiger partial charge in [-0.15, -0.1) is 0 Å². The van der Waals surface area contributed by atoms with Crippen molar-refractivity contribution in [3.8, 4) is 11.5 Å². The van der Waals surface area contributed by atoms with Crippen LogP contribution < -0.4 is 19.7 Å². The zero-order valence-corrected chi connectivity index (χ0v) is 18.7. The van der Waals surface area contributed by atoms with Crippen molar-refractivity contribution in [2.75, 3.05) is 25.7 Å². The van der Waals surface area contributed by atoms with E-state index in [2.05, 4.69) is 5.32 Å². The Kier molecular flexibility index (Phi) is 6.62. The van der Waals surface area contributed by atoms with Gasteiger partial charge in [0.05, 0.1) is 31.8 Å². The Hall–Kier alpha value is -2.78. The van der Waals surface area contributed by atoms with Gasteiger partial charge in [-0.25, -0.2) is 4.79 Å². The fraction of sp³-hybridized carbons (Fsp3) is 0.273. The maximum atomic E-state index is 13.3. The molecule has 2 heterocycles. The van der Waals surface area contributed by atoms with Crippen LogP contribution in [0.25, 0.3) is 0 Å². The van der Waals surface area contributed by atoms with E-state index in [0.717, 1.165) is 11.3 Å². The molecule has 9 heteroatoms. The summed E-state index contributed by atoms with van der Waals surface area (Å²) in [6, 6.07) is 14.3. The smallest absolute Gasteiger partial charge is 0.407 e. The van der Waals surface area contributed by atoms with Crippen LogP contribution in [0, 0.1) is 0 Å². The third-order valence-corrected chi connectivity index (χ3v) is 7.45. The van der Waals surface area contributed by atoms with Crippen LogP contribution in [-0.4, -0.2) is 44.1 Å². The van der Waals surface area contributed by atoms with E-state index < -0.39 is 12.1 Å². The summed E-state index contributed by atoms with van der Waals surface area (Å²) in [4.78, 5) is 27.3. The normalized spacial score (nSPS) is 19.6. The summed E-state index contributed by atoms with van der Waals surface area (Å²) in [6.45, 7) is 0.238. The number of carbonyl (C=O) groups is 2. The molecule has 2 amide bonds. The maximum Gasteiger partial charge on any atom is 0.407 e. The fourth-order valence-electron chi connectivity index (χ4n) is 3.50. The second-order valence-corrected chi connectivity index (χ2v) is 9.14. The molecule has 0 aromatic heterocycles. The fourth-order valence-corrected chi connectivity index (χ4v) is 6.13. The van der Waals surface area contributed by atoms with Crippen LogP contribution in [0.5, 0.6) is 11.5 Å². The van der Waals surface area contributed by atoms with Crippen molar-refractivity contribution in [3.05, 3.63) is 65.2 Å². The molecule has 1 N–H and O–H groups in total. The van der Waals surface area contributed by atoms with Crippen LogP contribution in [-0.2, 0) is 16.0 Å². The van der Waals surface area contributed by atoms with Gasteiger partial charge in [0, 0.05) is 23.6 Å². The van der Waals surface area contributed by atoms with Crippen molar-refractivity contribution in [3.63, 3.8) is 0 Å². The molecule has 0 radical (unpaired) electrons. The van der Waals surface area contributed by atoms with E-state index in [1.165, 1.54) is 21.6 Å². The Labute approximate surface area is 188 Å². The van der Waals surface area contributed by atoms with E-state index >= 15 is 0 Å². The summed E-state index contributed by atoms with van der Waals surface area (Å²) in [5, 5.41) is 4.48. The van der Waals surface area contributed by atoms with Gasteiger partial charge >= 0.3 is 6.09 Å². The number of amides is 2.